The van der Waals surface area contributed by atoms with Crippen molar-refractivity contribution in [2.45, 2.75) is 58.7 Å². The summed E-state index contributed by atoms with van der Waals surface area (Å²) < 4.78 is 18.7. The van der Waals surface area contributed by atoms with Gasteiger partial charge in [-0.25, -0.2) is 4.39 Å². The molecule has 1 atom stereocenters. The fourth-order valence-electron chi connectivity index (χ4n) is 2.81. The van der Waals surface area contributed by atoms with Crippen molar-refractivity contribution in [3.63, 3.8) is 0 Å². The maximum absolute atomic E-state index is 13.1. The molecule has 20 heavy (non-hydrogen) atoms. The molecular formula is C17H26FNO. The second-order valence-electron chi connectivity index (χ2n) is 6.76. The predicted molar refractivity (Wildman–Crippen MR) is 80.2 cm³/mol. The molecule has 0 heterocycles. The lowest BCUT2D eigenvalue weighted by Crippen LogP contribution is -2.49. The van der Waals surface area contributed by atoms with E-state index in [1.165, 1.54) is 0 Å². The van der Waals surface area contributed by atoms with Crippen molar-refractivity contribution in [2.75, 3.05) is 6.61 Å². The third-order valence-electron chi connectivity index (χ3n) is 3.97. The van der Waals surface area contributed by atoms with Gasteiger partial charge in [0.2, 0.25) is 0 Å². The van der Waals surface area contributed by atoms with Crippen LogP contribution in [0.2, 0.25) is 0 Å². The molecule has 1 fully saturated rings. The topological polar surface area (TPSA) is 21.3 Å². The fraction of sp³-hybridized carbons (Fsp3) is 0.647. The summed E-state index contributed by atoms with van der Waals surface area (Å²) in [4.78, 5) is 0. The van der Waals surface area contributed by atoms with Crippen LogP contribution in [0.3, 0.4) is 0 Å². The molecule has 2 rings (SSSR count). The number of nitrogens with one attached hydrogen (secondary N) is 1. The van der Waals surface area contributed by atoms with Crippen molar-refractivity contribution in [1.29, 1.82) is 0 Å². The molecule has 0 aliphatic heterocycles. The predicted octanol–water partition coefficient (Wildman–Crippen LogP) is 4.07. The quantitative estimate of drug-likeness (QED) is 0.877. The Morgan fingerprint density at radius 2 is 1.85 bits per heavy atom. The molecule has 0 aromatic heterocycles. The smallest absolute Gasteiger partial charge is 0.123 e. The van der Waals surface area contributed by atoms with Crippen molar-refractivity contribution in [3.8, 4) is 0 Å². The van der Waals surface area contributed by atoms with Gasteiger partial charge in [-0.2, -0.15) is 0 Å². The Kier molecular flexibility index (Phi) is 4.82. The van der Waals surface area contributed by atoms with E-state index >= 15 is 0 Å². The highest BCUT2D eigenvalue weighted by Gasteiger charge is 2.35. The second kappa shape index (κ2) is 6.23. The third kappa shape index (κ3) is 3.80. The van der Waals surface area contributed by atoms with E-state index in [-0.39, 0.29) is 17.3 Å². The van der Waals surface area contributed by atoms with Crippen LogP contribution in [0.15, 0.2) is 24.3 Å². The molecule has 0 spiro atoms. The van der Waals surface area contributed by atoms with E-state index < -0.39 is 0 Å². The molecule has 1 saturated carbocycles. The van der Waals surface area contributed by atoms with Crippen LogP contribution >= 0.6 is 0 Å². The van der Waals surface area contributed by atoms with Gasteiger partial charge in [0.15, 0.2) is 0 Å². The van der Waals surface area contributed by atoms with Gasteiger partial charge in [-0.15, -0.1) is 0 Å². The van der Waals surface area contributed by atoms with Crippen LogP contribution in [0.1, 0.15) is 52.1 Å². The average Bonchev–Trinajstić information content (AvgIpc) is 2.32. The number of benzene rings is 1. The normalized spacial score (nSPS) is 24.2. The van der Waals surface area contributed by atoms with E-state index in [1.807, 2.05) is 19.1 Å². The first-order valence-electron chi connectivity index (χ1n) is 7.53. The average molecular weight is 279 g/mol. The van der Waals surface area contributed by atoms with Gasteiger partial charge in [-0.3, -0.25) is 0 Å². The summed E-state index contributed by atoms with van der Waals surface area (Å²) in [6.07, 6.45) is 2.55. The van der Waals surface area contributed by atoms with Crippen molar-refractivity contribution < 1.29 is 9.13 Å². The Morgan fingerprint density at radius 3 is 2.35 bits per heavy atom. The number of halogens is 1. The molecule has 1 aliphatic rings. The van der Waals surface area contributed by atoms with E-state index in [9.17, 15) is 4.39 Å². The van der Waals surface area contributed by atoms with Crippen LogP contribution in [-0.2, 0) is 4.74 Å². The minimum absolute atomic E-state index is 0.0918. The Hall–Kier alpha value is -0.930. The first-order valence-corrected chi connectivity index (χ1v) is 7.53. The van der Waals surface area contributed by atoms with Crippen molar-refractivity contribution in [3.05, 3.63) is 35.6 Å². The SMILES string of the molecule is CCOC1CC(NC(c2ccc(F)cc2)C(C)(C)C)C1. The molecule has 0 bridgehead atoms. The minimum atomic E-state index is -0.179. The molecule has 1 unspecified atom stereocenters. The van der Waals surface area contributed by atoms with Crippen LogP contribution in [0.4, 0.5) is 4.39 Å². The molecule has 1 aromatic rings. The maximum atomic E-state index is 13.1. The van der Waals surface area contributed by atoms with E-state index in [1.54, 1.807) is 12.1 Å². The fourth-order valence-corrected chi connectivity index (χ4v) is 2.81. The van der Waals surface area contributed by atoms with E-state index in [4.69, 9.17) is 4.74 Å². The summed E-state index contributed by atoms with van der Waals surface area (Å²) in [7, 11) is 0. The van der Waals surface area contributed by atoms with Gasteiger partial charge in [-0.05, 0) is 42.9 Å². The Balaban J connectivity index is 2.01. The van der Waals surface area contributed by atoms with Gasteiger partial charge in [-0.1, -0.05) is 32.9 Å². The Labute approximate surface area is 121 Å². The number of hydrogen-bond acceptors (Lipinski definition) is 2. The van der Waals surface area contributed by atoms with E-state index in [0.717, 1.165) is 25.0 Å². The van der Waals surface area contributed by atoms with Crippen LogP contribution < -0.4 is 5.32 Å². The molecule has 2 nitrogen and oxygen atoms in total. The summed E-state index contributed by atoms with van der Waals surface area (Å²) in [6, 6.07) is 7.59. The highest BCUT2D eigenvalue weighted by molar-refractivity contribution is 5.22. The van der Waals surface area contributed by atoms with Gasteiger partial charge in [0.05, 0.1) is 6.10 Å². The molecule has 3 heteroatoms. The van der Waals surface area contributed by atoms with Gasteiger partial charge >= 0.3 is 0 Å². The minimum Gasteiger partial charge on any atom is -0.378 e. The molecule has 0 saturated heterocycles. The van der Waals surface area contributed by atoms with E-state index in [2.05, 4.69) is 26.1 Å². The molecular weight excluding hydrogens is 253 g/mol. The Morgan fingerprint density at radius 1 is 1.25 bits per heavy atom. The Bertz CT molecular complexity index is 418. The standard InChI is InChI=1S/C17H26FNO/c1-5-20-15-10-14(11-15)19-16(17(2,3)4)12-6-8-13(18)9-7-12/h6-9,14-16,19H,5,10-11H2,1-4H3. The van der Waals surface area contributed by atoms with Crippen molar-refractivity contribution in [2.24, 2.45) is 5.41 Å². The van der Waals surface area contributed by atoms with Crippen molar-refractivity contribution in [1.82, 2.24) is 5.32 Å². The lowest BCUT2D eigenvalue weighted by atomic mass is 9.79. The molecule has 1 aliphatic carbocycles. The zero-order valence-electron chi connectivity index (χ0n) is 12.9. The van der Waals surface area contributed by atoms with Gasteiger partial charge < -0.3 is 10.1 Å². The van der Waals surface area contributed by atoms with Gasteiger partial charge in [0, 0.05) is 18.7 Å². The van der Waals surface area contributed by atoms with Crippen LogP contribution in [0.5, 0.6) is 0 Å². The summed E-state index contributed by atoms with van der Waals surface area (Å²) in [6.45, 7) is 9.47. The van der Waals surface area contributed by atoms with Crippen LogP contribution in [-0.4, -0.2) is 18.8 Å². The summed E-state index contributed by atoms with van der Waals surface area (Å²) in [5.41, 5.74) is 1.24. The molecule has 1 N–H and O–H groups in total. The second-order valence-corrected chi connectivity index (χ2v) is 6.76. The maximum Gasteiger partial charge on any atom is 0.123 e. The summed E-state index contributed by atoms with van der Waals surface area (Å²) in [5, 5.41) is 3.72. The molecule has 0 radical (unpaired) electrons. The van der Waals surface area contributed by atoms with Crippen molar-refractivity contribution >= 4 is 0 Å². The molecule has 112 valence electrons. The largest absolute Gasteiger partial charge is 0.378 e. The van der Waals surface area contributed by atoms with Gasteiger partial charge in [0.25, 0.3) is 0 Å². The summed E-state index contributed by atoms with van der Waals surface area (Å²) in [5.74, 6) is -0.179. The third-order valence-corrected chi connectivity index (χ3v) is 3.97. The molecule has 1 aromatic carbocycles. The number of hydrogen-bond donors (Lipinski definition) is 1. The van der Waals surface area contributed by atoms with E-state index in [0.29, 0.717) is 12.1 Å². The zero-order chi connectivity index (χ0) is 14.8. The first-order chi connectivity index (χ1) is 9.40. The monoisotopic (exact) mass is 279 g/mol. The lowest BCUT2D eigenvalue weighted by molar-refractivity contribution is -0.0161. The van der Waals surface area contributed by atoms with Gasteiger partial charge in [0.1, 0.15) is 5.82 Å². The number of ether oxygens (including phenoxy) is 1. The summed E-state index contributed by atoms with van der Waals surface area (Å²) >= 11 is 0. The first kappa shape index (κ1) is 15.5. The van der Waals surface area contributed by atoms with Crippen LogP contribution in [0, 0.1) is 11.2 Å². The highest BCUT2D eigenvalue weighted by Crippen LogP contribution is 2.36. The number of rotatable bonds is 5. The lowest BCUT2D eigenvalue weighted by Gasteiger charge is -2.42. The van der Waals surface area contributed by atoms with Crippen LogP contribution in [0.25, 0.3) is 0 Å². The zero-order valence-corrected chi connectivity index (χ0v) is 12.9. The molecule has 0 amide bonds. The highest BCUT2D eigenvalue weighted by atomic mass is 19.1.